The number of aliphatic hydroxyl groups excluding tert-OH is 2. The van der Waals surface area contributed by atoms with Gasteiger partial charge in [0.2, 0.25) is 5.91 Å². The van der Waals surface area contributed by atoms with Crippen molar-refractivity contribution in [2.24, 2.45) is 5.41 Å². The van der Waals surface area contributed by atoms with Crippen molar-refractivity contribution in [1.82, 2.24) is 10.6 Å². The molecule has 0 unspecified atom stereocenters. The minimum atomic E-state index is -0.536. The summed E-state index contributed by atoms with van der Waals surface area (Å²) >= 11 is 0. The smallest absolute Gasteiger partial charge is 0.226 e. The van der Waals surface area contributed by atoms with E-state index >= 15 is 0 Å². The van der Waals surface area contributed by atoms with E-state index in [2.05, 4.69) is 17.6 Å². The number of hydrogen-bond donors (Lipinski definition) is 4. The van der Waals surface area contributed by atoms with Crippen molar-refractivity contribution in [3.8, 4) is 0 Å². The summed E-state index contributed by atoms with van der Waals surface area (Å²) < 4.78 is 0. The Morgan fingerprint density at radius 3 is 2.41 bits per heavy atom. The highest BCUT2D eigenvalue weighted by Crippen LogP contribution is 2.34. The Balaban J connectivity index is 2.65. The second-order valence-electron chi connectivity index (χ2n) is 4.82. The molecule has 5 heteroatoms. The van der Waals surface area contributed by atoms with Gasteiger partial charge in [-0.3, -0.25) is 4.79 Å². The molecule has 1 aliphatic heterocycles. The van der Waals surface area contributed by atoms with Crippen LogP contribution < -0.4 is 10.6 Å². The molecule has 1 rings (SSSR count). The zero-order chi connectivity index (χ0) is 12.7. The van der Waals surface area contributed by atoms with Crippen molar-refractivity contribution in [2.75, 3.05) is 26.3 Å². The van der Waals surface area contributed by atoms with Gasteiger partial charge in [-0.25, -0.2) is 0 Å². The van der Waals surface area contributed by atoms with Crippen LogP contribution >= 0.6 is 0 Å². The monoisotopic (exact) mass is 244 g/mol. The molecule has 0 spiro atoms. The van der Waals surface area contributed by atoms with Gasteiger partial charge in [0.15, 0.2) is 0 Å². The van der Waals surface area contributed by atoms with Crippen molar-refractivity contribution < 1.29 is 15.0 Å². The number of rotatable bonds is 6. The molecule has 1 heterocycles. The fourth-order valence-electron chi connectivity index (χ4n) is 2.46. The molecule has 0 saturated carbocycles. The molecule has 17 heavy (non-hydrogen) atoms. The first-order valence-electron chi connectivity index (χ1n) is 6.42. The number of carbonyl (C=O) groups excluding carboxylic acids is 1. The second-order valence-corrected chi connectivity index (χ2v) is 4.82. The van der Waals surface area contributed by atoms with Gasteiger partial charge in [-0.05, 0) is 32.4 Å². The predicted molar refractivity (Wildman–Crippen MR) is 65.5 cm³/mol. The Labute approximate surface area is 103 Å². The first-order valence-corrected chi connectivity index (χ1v) is 6.42. The van der Waals surface area contributed by atoms with E-state index in [4.69, 9.17) is 10.2 Å². The van der Waals surface area contributed by atoms with Crippen LogP contribution in [0.25, 0.3) is 0 Å². The van der Waals surface area contributed by atoms with E-state index in [9.17, 15) is 4.79 Å². The summed E-state index contributed by atoms with van der Waals surface area (Å²) in [5.74, 6) is -0.0195. The van der Waals surface area contributed by atoms with E-state index in [0.717, 1.165) is 38.8 Å². The summed E-state index contributed by atoms with van der Waals surface area (Å²) in [6, 6.07) is -0.536. The highest BCUT2D eigenvalue weighted by molar-refractivity contribution is 5.83. The van der Waals surface area contributed by atoms with Crippen LogP contribution in [0.1, 0.15) is 32.6 Å². The predicted octanol–water partition coefficient (Wildman–Crippen LogP) is -0.374. The number of hydrogen-bond acceptors (Lipinski definition) is 4. The van der Waals surface area contributed by atoms with Crippen LogP contribution in [0.2, 0.25) is 0 Å². The third kappa shape index (κ3) is 3.66. The first-order chi connectivity index (χ1) is 8.18. The summed E-state index contributed by atoms with van der Waals surface area (Å²) in [6.45, 7) is 3.35. The van der Waals surface area contributed by atoms with Crippen LogP contribution in [-0.4, -0.2) is 48.5 Å². The van der Waals surface area contributed by atoms with E-state index in [1.165, 1.54) is 0 Å². The number of aliphatic hydroxyl groups is 2. The molecule has 4 N–H and O–H groups in total. The van der Waals surface area contributed by atoms with Gasteiger partial charge in [0.1, 0.15) is 0 Å². The molecule has 1 amide bonds. The number of piperidine rings is 1. The molecule has 0 aromatic heterocycles. The first kappa shape index (κ1) is 14.4. The lowest BCUT2D eigenvalue weighted by atomic mass is 9.74. The van der Waals surface area contributed by atoms with Crippen molar-refractivity contribution >= 4 is 5.91 Å². The average Bonchev–Trinajstić information content (AvgIpc) is 2.37. The zero-order valence-corrected chi connectivity index (χ0v) is 10.5. The lowest BCUT2D eigenvalue weighted by molar-refractivity contribution is -0.134. The van der Waals surface area contributed by atoms with E-state index in [0.29, 0.717) is 0 Å². The largest absolute Gasteiger partial charge is 0.394 e. The molecule has 0 radical (unpaired) electrons. The molecule has 1 aliphatic rings. The third-order valence-corrected chi connectivity index (χ3v) is 3.55. The van der Waals surface area contributed by atoms with Gasteiger partial charge in [0, 0.05) is 0 Å². The maximum Gasteiger partial charge on any atom is 0.226 e. The highest BCUT2D eigenvalue weighted by Gasteiger charge is 2.39. The van der Waals surface area contributed by atoms with Gasteiger partial charge < -0.3 is 20.8 Å². The molecular weight excluding hydrogens is 220 g/mol. The Kier molecular flexibility index (Phi) is 5.88. The van der Waals surface area contributed by atoms with Gasteiger partial charge in [0.05, 0.1) is 24.7 Å². The molecule has 0 atom stereocenters. The van der Waals surface area contributed by atoms with Crippen molar-refractivity contribution in [3.63, 3.8) is 0 Å². The lowest BCUT2D eigenvalue weighted by Gasteiger charge is -2.37. The van der Waals surface area contributed by atoms with E-state index in [-0.39, 0.29) is 24.5 Å². The Morgan fingerprint density at radius 1 is 1.35 bits per heavy atom. The van der Waals surface area contributed by atoms with Crippen LogP contribution in [0.15, 0.2) is 0 Å². The quantitative estimate of drug-likeness (QED) is 0.514. The Morgan fingerprint density at radius 2 is 1.94 bits per heavy atom. The maximum atomic E-state index is 12.3. The van der Waals surface area contributed by atoms with Crippen LogP contribution in [-0.2, 0) is 4.79 Å². The van der Waals surface area contributed by atoms with Crippen LogP contribution in [0.3, 0.4) is 0 Å². The number of amides is 1. The number of nitrogens with one attached hydrogen (secondary N) is 2. The molecule has 100 valence electrons. The second kappa shape index (κ2) is 6.93. The average molecular weight is 244 g/mol. The molecule has 0 aromatic rings. The van der Waals surface area contributed by atoms with Crippen LogP contribution in [0.5, 0.6) is 0 Å². The minimum Gasteiger partial charge on any atom is -0.394 e. The fourth-order valence-corrected chi connectivity index (χ4v) is 2.46. The summed E-state index contributed by atoms with van der Waals surface area (Å²) in [4.78, 5) is 12.3. The van der Waals surface area contributed by atoms with Gasteiger partial charge in [-0.2, -0.15) is 0 Å². The summed E-state index contributed by atoms with van der Waals surface area (Å²) in [5, 5.41) is 24.0. The van der Waals surface area contributed by atoms with Crippen LogP contribution in [0, 0.1) is 5.41 Å². The summed E-state index contributed by atoms with van der Waals surface area (Å²) in [6.07, 6.45) is 3.49. The topological polar surface area (TPSA) is 81.6 Å². The normalized spacial score (nSPS) is 19.3. The SMILES string of the molecule is CCCC1(C(=O)NC(CO)CO)CCNCC1. The Hall–Kier alpha value is -0.650. The standard InChI is InChI=1S/C12H24N2O3/c1-2-3-12(4-6-13-7-5-12)11(17)14-10(8-15)9-16/h10,13,15-16H,2-9H2,1H3,(H,14,17). The van der Waals surface area contributed by atoms with E-state index in [1.54, 1.807) is 0 Å². The molecule has 0 aromatic carbocycles. The molecular formula is C12H24N2O3. The van der Waals surface area contributed by atoms with E-state index < -0.39 is 6.04 Å². The molecule has 0 bridgehead atoms. The molecule has 1 saturated heterocycles. The zero-order valence-electron chi connectivity index (χ0n) is 10.5. The molecule has 5 nitrogen and oxygen atoms in total. The van der Waals surface area contributed by atoms with E-state index in [1.807, 2.05) is 0 Å². The van der Waals surface area contributed by atoms with Crippen molar-refractivity contribution in [1.29, 1.82) is 0 Å². The third-order valence-electron chi connectivity index (χ3n) is 3.55. The lowest BCUT2D eigenvalue weighted by Crippen LogP contribution is -2.52. The Bertz CT molecular complexity index is 230. The summed E-state index contributed by atoms with van der Waals surface area (Å²) in [7, 11) is 0. The van der Waals surface area contributed by atoms with Gasteiger partial charge in [0.25, 0.3) is 0 Å². The fraction of sp³-hybridized carbons (Fsp3) is 0.917. The maximum absolute atomic E-state index is 12.3. The minimum absolute atomic E-state index is 0.0195. The molecule has 0 aliphatic carbocycles. The number of carbonyl (C=O) groups is 1. The summed E-state index contributed by atoms with van der Waals surface area (Å²) in [5.41, 5.74) is -0.317. The van der Waals surface area contributed by atoms with Gasteiger partial charge in [-0.15, -0.1) is 0 Å². The van der Waals surface area contributed by atoms with Gasteiger partial charge >= 0.3 is 0 Å². The van der Waals surface area contributed by atoms with Crippen molar-refractivity contribution in [2.45, 2.75) is 38.6 Å². The van der Waals surface area contributed by atoms with Crippen molar-refractivity contribution in [3.05, 3.63) is 0 Å². The highest BCUT2D eigenvalue weighted by atomic mass is 16.3. The molecule has 1 fully saturated rings. The van der Waals surface area contributed by atoms with Crippen LogP contribution in [0.4, 0.5) is 0 Å². The van der Waals surface area contributed by atoms with Gasteiger partial charge in [-0.1, -0.05) is 13.3 Å².